The molecule has 0 radical (unpaired) electrons. The van der Waals surface area contributed by atoms with Crippen molar-refractivity contribution in [1.29, 1.82) is 0 Å². The normalized spacial score (nSPS) is 16.8. The molecule has 4 N–H and O–H groups in total. The highest BCUT2D eigenvalue weighted by molar-refractivity contribution is 5.70. The molecular weight excluding hydrogens is 120 g/mol. The number of rotatable bonds is 3. The van der Waals surface area contributed by atoms with Crippen LogP contribution < -0.4 is 16.6 Å². The van der Waals surface area contributed by atoms with Gasteiger partial charge >= 0.3 is 0 Å². The van der Waals surface area contributed by atoms with E-state index in [2.05, 4.69) is 0 Å². The first-order valence-corrected chi connectivity index (χ1v) is 2.76. The Bertz CT molecular complexity index is 103. The first-order chi connectivity index (χ1) is 4.04. The van der Waals surface area contributed by atoms with E-state index >= 15 is 0 Å². The Balaban J connectivity index is 3.50. The van der Waals surface area contributed by atoms with E-state index in [4.69, 9.17) is 11.5 Å². The van der Waals surface area contributed by atoms with E-state index < -0.39 is 12.0 Å². The van der Waals surface area contributed by atoms with Crippen molar-refractivity contribution in [3.8, 4) is 0 Å². The molecule has 0 rings (SSSR count). The van der Waals surface area contributed by atoms with Crippen molar-refractivity contribution in [2.75, 3.05) is 0 Å². The van der Waals surface area contributed by atoms with Crippen molar-refractivity contribution in [2.45, 2.75) is 25.4 Å². The van der Waals surface area contributed by atoms with Crippen LogP contribution in [0.1, 0.15) is 13.3 Å². The van der Waals surface area contributed by atoms with Gasteiger partial charge in [0.25, 0.3) is 0 Å². The minimum Gasteiger partial charge on any atom is -0.548 e. The molecule has 0 aromatic rings. The number of hydrogen-bond acceptors (Lipinski definition) is 4. The van der Waals surface area contributed by atoms with Crippen LogP contribution in [0.15, 0.2) is 0 Å². The van der Waals surface area contributed by atoms with Crippen LogP contribution in [-0.2, 0) is 4.79 Å². The standard InChI is InChI=1S/C5H12N2O2/c1-3(6)2-4(7)5(8)9/h3-4H,2,6-7H2,1H3,(H,8,9)/p-1/t3-,4+/m0/s1. The first kappa shape index (κ1) is 8.39. The molecule has 0 aliphatic carbocycles. The number of carboxylic acid groups (broad SMARTS) is 1. The molecule has 0 spiro atoms. The van der Waals surface area contributed by atoms with Crippen molar-refractivity contribution in [2.24, 2.45) is 11.5 Å². The van der Waals surface area contributed by atoms with Gasteiger partial charge in [0.1, 0.15) is 0 Å². The van der Waals surface area contributed by atoms with Gasteiger partial charge in [0, 0.05) is 12.1 Å². The average molecular weight is 131 g/mol. The molecule has 0 aromatic heterocycles. The first-order valence-electron chi connectivity index (χ1n) is 2.76. The molecule has 2 atom stereocenters. The monoisotopic (exact) mass is 131 g/mol. The van der Waals surface area contributed by atoms with Crippen molar-refractivity contribution in [3.05, 3.63) is 0 Å². The second kappa shape index (κ2) is 3.42. The highest BCUT2D eigenvalue weighted by Crippen LogP contribution is 1.89. The second-order valence-corrected chi connectivity index (χ2v) is 2.14. The highest BCUT2D eigenvalue weighted by Gasteiger charge is 2.04. The fraction of sp³-hybridized carbons (Fsp3) is 0.800. The van der Waals surface area contributed by atoms with Gasteiger partial charge in [0.15, 0.2) is 0 Å². The number of carboxylic acids is 1. The molecule has 0 amide bonds. The molecule has 0 unspecified atom stereocenters. The van der Waals surface area contributed by atoms with Crippen LogP contribution in [0.5, 0.6) is 0 Å². The Hall–Kier alpha value is -0.610. The topological polar surface area (TPSA) is 92.2 Å². The SMILES string of the molecule is C[C@H](N)C[C@@H](N)C(=O)[O-]. The predicted molar refractivity (Wildman–Crippen MR) is 31.2 cm³/mol. The molecule has 0 aliphatic heterocycles. The van der Waals surface area contributed by atoms with E-state index in [-0.39, 0.29) is 12.5 Å². The van der Waals surface area contributed by atoms with Crippen molar-refractivity contribution < 1.29 is 9.90 Å². The lowest BCUT2D eigenvalue weighted by atomic mass is 10.1. The second-order valence-electron chi connectivity index (χ2n) is 2.14. The number of aliphatic carboxylic acids is 1. The third kappa shape index (κ3) is 3.93. The largest absolute Gasteiger partial charge is 0.548 e. The van der Waals surface area contributed by atoms with Gasteiger partial charge in [-0.3, -0.25) is 0 Å². The third-order valence-electron chi connectivity index (χ3n) is 0.928. The van der Waals surface area contributed by atoms with Gasteiger partial charge < -0.3 is 21.4 Å². The molecule has 0 aromatic carbocycles. The average Bonchev–Trinajstić information content (AvgIpc) is 1.63. The molecule has 0 fully saturated rings. The van der Waals surface area contributed by atoms with Gasteiger partial charge in [-0.1, -0.05) is 0 Å². The Labute approximate surface area is 53.8 Å². The van der Waals surface area contributed by atoms with E-state index in [0.29, 0.717) is 0 Å². The third-order valence-corrected chi connectivity index (χ3v) is 0.928. The van der Waals surface area contributed by atoms with E-state index in [1.807, 2.05) is 0 Å². The predicted octanol–water partition coefficient (Wildman–Crippen LogP) is -2.20. The van der Waals surface area contributed by atoms with Gasteiger partial charge in [0.05, 0.1) is 5.97 Å². The number of hydrogen-bond donors (Lipinski definition) is 2. The molecule has 4 nitrogen and oxygen atoms in total. The summed E-state index contributed by atoms with van der Waals surface area (Å²) >= 11 is 0. The maximum atomic E-state index is 9.94. The molecule has 4 heteroatoms. The molecule has 54 valence electrons. The summed E-state index contributed by atoms with van der Waals surface area (Å²) in [4.78, 5) is 9.94. The molecule has 0 aliphatic rings. The number of carbonyl (C=O) groups is 1. The molecule has 0 saturated carbocycles. The zero-order valence-electron chi connectivity index (χ0n) is 5.33. The zero-order chi connectivity index (χ0) is 7.44. The summed E-state index contributed by atoms with van der Waals surface area (Å²) in [7, 11) is 0. The summed E-state index contributed by atoms with van der Waals surface area (Å²) in [5.74, 6) is -1.24. The van der Waals surface area contributed by atoms with E-state index in [9.17, 15) is 9.90 Å². The zero-order valence-corrected chi connectivity index (χ0v) is 5.33. The lowest BCUT2D eigenvalue weighted by Gasteiger charge is -2.13. The summed E-state index contributed by atoms with van der Waals surface area (Å²) in [6.45, 7) is 1.70. The molecular formula is C5H11N2O2-. The Morgan fingerprint density at radius 2 is 2.11 bits per heavy atom. The van der Waals surface area contributed by atoms with Crippen LogP contribution in [0.25, 0.3) is 0 Å². The Morgan fingerprint density at radius 3 is 2.22 bits per heavy atom. The van der Waals surface area contributed by atoms with Crippen LogP contribution in [0, 0.1) is 0 Å². The van der Waals surface area contributed by atoms with Crippen LogP contribution in [0.4, 0.5) is 0 Å². The van der Waals surface area contributed by atoms with E-state index in [1.54, 1.807) is 6.92 Å². The quantitative estimate of drug-likeness (QED) is 0.454. The minimum absolute atomic E-state index is 0.183. The van der Waals surface area contributed by atoms with Gasteiger partial charge in [-0.2, -0.15) is 0 Å². The van der Waals surface area contributed by atoms with Crippen LogP contribution in [-0.4, -0.2) is 18.1 Å². The maximum absolute atomic E-state index is 9.94. The molecule has 0 saturated heterocycles. The van der Waals surface area contributed by atoms with Gasteiger partial charge in [-0.25, -0.2) is 0 Å². The van der Waals surface area contributed by atoms with Gasteiger partial charge in [-0.05, 0) is 13.3 Å². The van der Waals surface area contributed by atoms with E-state index in [1.165, 1.54) is 0 Å². The summed E-state index contributed by atoms with van der Waals surface area (Å²) in [6, 6.07) is -1.11. The fourth-order valence-electron chi connectivity index (χ4n) is 0.497. The van der Waals surface area contributed by atoms with Crippen LogP contribution >= 0.6 is 0 Å². The van der Waals surface area contributed by atoms with E-state index in [0.717, 1.165) is 0 Å². The Morgan fingerprint density at radius 1 is 1.67 bits per heavy atom. The summed E-state index contributed by atoms with van der Waals surface area (Å²) in [5, 5.41) is 9.94. The van der Waals surface area contributed by atoms with Crippen molar-refractivity contribution in [3.63, 3.8) is 0 Å². The van der Waals surface area contributed by atoms with Gasteiger partial charge in [0.2, 0.25) is 0 Å². The summed E-state index contributed by atoms with van der Waals surface area (Å²) in [6.07, 6.45) is 0.266. The smallest absolute Gasteiger partial charge is 0.0582 e. The lowest BCUT2D eigenvalue weighted by Crippen LogP contribution is -2.44. The van der Waals surface area contributed by atoms with Crippen LogP contribution in [0.3, 0.4) is 0 Å². The van der Waals surface area contributed by atoms with Crippen molar-refractivity contribution >= 4 is 5.97 Å². The molecule has 0 bridgehead atoms. The lowest BCUT2D eigenvalue weighted by molar-refractivity contribution is -0.307. The minimum atomic E-state index is -1.24. The summed E-state index contributed by atoms with van der Waals surface area (Å²) < 4.78 is 0. The number of nitrogens with two attached hydrogens (primary N) is 2. The molecule has 0 heterocycles. The molecule has 9 heavy (non-hydrogen) atoms. The van der Waals surface area contributed by atoms with Gasteiger partial charge in [-0.15, -0.1) is 0 Å². The maximum Gasteiger partial charge on any atom is 0.0582 e. The Kier molecular flexibility index (Phi) is 3.19. The fourth-order valence-corrected chi connectivity index (χ4v) is 0.497. The number of carbonyl (C=O) groups excluding carboxylic acids is 1. The van der Waals surface area contributed by atoms with Crippen molar-refractivity contribution in [1.82, 2.24) is 0 Å². The summed E-state index contributed by atoms with van der Waals surface area (Å²) in [5.41, 5.74) is 10.3. The van der Waals surface area contributed by atoms with Crippen LogP contribution in [0.2, 0.25) is 0 Å². The highest BCUT2D eigenvalue weighted by atomic mass is 16.4.